The monoisotopic (exact) mass is 311 g/mol. The van der Waals surface area contributed by atoms with Crippen molar-refractivity contribution in [2.45, 2.75) is 32.7 Å². The first-order valence-electron chi connectivity index (χ1n) is 6.64. The third-order valence-electron chi connectivity index (χ3n) is 3.77. The number of sulfone groups is 1. The number of nitrogens with zero attached hydrogens (tertiary/aromatic N) is 2. The highest BCUT2D eigenvalue weighted by Gasteiger charge is 2.25. The molecule has 0 aliphatic carbocycles. The van der Waals surface area contributed by atoms with Crippen molar-refractivity contribution in [1.29, 1.82) is 0 Å². The fourth-order valence-corrected chi connectivity index (χ4v) is 5.25. The Balaban J connectivity index is 1.95. The fourth-order valence-electron chi connectivity index (χ4n) is 2.62. The fraction of sp³-hybridized carbons (Fsp3) is 0.538. The van der Waals surface area contributed by atoms with Crippen molar-refractivity contribution in [2.24, 2.45) is 0 Å². The smallest absolute Gasteiger partial charge is 0.152 e. The second-order valence-electron chi connectivity index (χ2n) is 5.28. The molecule has 2 aromatic heterocycles. The molecular weight excluding hydrogens is 294 g/mol. The molecule has 1 N–H and O–H groups in total. The van der Waals surface area contributed by atoms with Crippen LogP contribution in [0.5, 0.6) is 0 Å². The Morgan fingerprint density at radius 3 is 2.90 bits per heavy atom. The van der Waals surface area contributed by atoms with Gasteiger partial charge in [0.15, 0.2) is 9.84 Å². The summed E-state index contributed by atoms with van der Waals surface area (Å²) in [4.78, 5) is 10.8. The average molecular weight is 311 g/mol. The van der Waals surface area contributed by atoms with Gasteiger partial charge in [-0.15, -0.1) is 11.3 Å². The SMILES string of the molecule is Cc1sc2ncnc(NC3CCCS(=O)(=O)C3)c2c1C. The molecule has 5 nitrogen and oxygen atoms in total. The molecule has 1 saturated heterocycles. The first-order valence-corrected chi connectivity index (χ1v) is 9.28. The van der Waals surface area contributed by atoms with Crippen molar-refractivity contribution in [3.05, 3.63) is 16.8 Å². The van der Waals surface area contributed by atoms with Crippen LogP contribution in [0.25, 0.3) is 10.2 Å². The lowest BCUT2D eigenvalue weighted by Crippen LogP contribution is -2.35. The summed E-state index contributed by atoms with van der Waals surface area (Å²) < 4.78 is 23.4. The molecule has 0 spiro atoms. The highest BCUT2D eigenvalue weighted by molar-refractivity contribution is 7.91. The third kappa shape index (κ3) is 2.52. The van der Waals surface area contributed by atoms with Gasteiger partial charge >= 0.3 is 0 Å². The van der Waals surface area contributed by atoms with E-state index in [1.54, 1.807) is 11.3 Å². The minimum absolute atomic E-state index is 0.0496. The largest absolute Gasteiger partial charge is 0.366 e. The van der Waals surface area contributed by atoms with E-state index < -0.39 is 9.84 Å². The number of aryl methyl sites for hydroxylation is 2. The van der Waals surface area contributed by atoms with Crippen LogP contribution in [-0.2, 0) is 9.84 Å². The van der Waals surface area contributed by atoms with E-state index in [1.807, 2.05) is 0 Å². The van der Waals surface area contributed by atoms with Gasteiger partial charge in [-0.1, -0.05) is 0 Å². The van der Waals surface area contributed by atoms with Crippen molar-refractivity contribution in [3.8, 4) is 0 Å². The van der Waals surface area contributed by atoms with Gasteiger partial charge in [-0.25, -0.2) is 18.4 Å². The molecule has 0 bridgehead atoms. The second-order valence-corrected chi connectivity index (χ2v) is 8.72. The molecule has 1 aliphatic heterocycles. The van der Waals surface area contributed by atoms with Crippen LogP contribution in [0.3, 0.4) is 0 Å². The van der Waals surface area contributed by atoms with Crippen molar-refractivity contribution in [2.75, 3.05) is 16.8 Å². The Kier molecular flexibility index (Phi) is 3.41. The second kappa shape index (κ2) is 4.96. The highest BCUT2D eigenvalue weighted by Crippen LogP contribution is 2.33. The molecule has 0 aromatic carbocycles. The van der Waals surface area contributed by atoms with E-state index in [-0.39, 0.29) is 11.8 Å². The summed E-state index contributed by atoms with van der Waals surface area (Å²) in [5.74, 6) is 1.26. The average Bonchev–Trinajstić information content (AvgIpc) is 2.65. The van der Waals surface area contributed by atoms with Crippen LogP contribution in [0.4, 0.5) is 5.82 Å². The zero-order valence-corrected chi connectivity index (χ0v) is 13.1. The van der Waals surface area contributed by atoms with Gasteiger partial charge in [0.25, 0.3) is 0 Å². The molecular formula is C13H17N3O2S2. The quantitative estimate of drug-likeness (QED) is 0.921. The summed E-state index contributed by atoms with van der Waals surface area (Å²) in [5.41, 5.74) is 1.17. The predicted molar refractivity (Wildman–Crippen MR) is 82.2 cm³/mol. The van der Waals surface area contributed by atoms with Crippen LogP contribution < -0.4 is 5.32 Å². The number of hydrogen-bond acceptors (Lipinski definition) is 6. The molecule has 3 heterocycles. The van der Waals surface area contributed by atoms with Crippen molar-refractivity contribution < 1.29 is 8.42 Å². The normalized spacial score (nSPS) is 22.0. The molecule has 7 heteroatoms. The molecule has 0 saturated carbocycles. The summed E-state index contributed by atoms with van der Waals surface area (Å²) in [6.07, 6.45) is 3.13. The van der Waals surface area contributed by atoms with Crippen molar-refractivity contribution >= 4 is 37.2 Å². The Labute approximate surface area is 122 Å². The first kappa shape index (κ1) is 13.8. The van der Waals surface area contributed by atoms with Gasteiger partial charge in [0.2, 0.25) is 0 Å². The molecule has 1 fully saturated rings. The zero-order valence-electron chi connectivity index (χ0n) is 11.5. The Hall–Kier alpha value is -1.21. The van der Waals surface area contributed by atoms with Crippen LogP contribution in [0, 0.1) is 13.8 Å². The molecule has 0 amide bonds. The number of fused-ring (bicyclic) bond motifs is 1. The van der Waals surface area contributed by atoms with Crippen LogP contribution in [-0.4, -0.2) is 35.9 Å². The molecule has 3 rings (SSSR count). The zero-order chi connectivity index (χ0) is 14.3. The van der Waals surface area contributed by atoms with Gasteiger partial charge in [-0.2, -0.15) is 0 Å². The van der Waals surface area contributed by atoms with Gasteiger partial charge < -0.3 is 5.32 Å². The Morgan fingerprint density at radius 1 is 1.35 bits per heavy atom. The number of aromatic nitrogens is 2. The van der Waals surface area contributed by atoms with E-state index >= 15 is 0 Å². The lowest BCUT2D eigenvalue weighted by molar-refractivity contribution is 0.561. The minimum atomic E-state index is -2.91. The molecule has 20 heavy (non-hydrogen) atoms. The van der Waals surface area contributed by atoms with E-state index in [1.165, 1.54) is 16.8 Å². The first-order chi connectivity index (χ1) is 9.46. The molecule has 1 atom stereocenters. The number of rotatable bonds is 2. The summed E-state index contributed by atoms with van der Waals surface area (Å²) in [5, 5.41) is 4.34. The van der Waals surface area contributed by atoms with E-state index in [0.29, 0.717) is 5.75 Å². The lowest BCUT2D eigenvalue weighted by atomic mass is 10.1. The molecule has 1 aliphatic rings. The highest BCUT2D eigenvalue weighted by atomic mass is 32.2. The number of thiophene rings is 1. The van der Waals surface area contributed by atoms with Crippen LogP contribution in [0.15, 0.2) is 6.33 Å². The van der Waals surface area contributed by atoms with Crippen molar-refractivity contribution in [1.82, 2.24) is 9.97 Å². The maximum atomic E-state index is 11.7. The Bertz CT molecular complexity index is 752. The van der Waals surface area contributed by atoms with Crippen LogP contribution >= 0.6 is 11.3 Å². The van der Waals surface area contributed by atoms with E-state index in [9.17, 15) is 8.42 Å². The van der Waals surface area contributed by atoms with Gasteiger partial charge in [0.1, 0.15) is 17.0 Å². The van der Waals surface area contributed by atoms with E-state index in [0.717, 1.165) is 28.9 Å². The maximum Gasteiger partial charge on any atom is 0.152 e. The molecule has 2 aromatic rings. The lowest BCUT2D eigenvalue weighted by Gasteiger charge is -2.23. The van der Waals surface area contributed by atoms with E-state index in [4.69, 9.17) is 0 Å². The molecule has 108 valence electrons. The van der Waals surface area contributed by atoms with Gasteiger partial charge in [-0.05, 0) is 32.3 Å². The topological polar surface area (TPSA) is 72.0 Å². The standard InChI is InChI=1S/C13H17N3O2S2/c1-8-9(2)19-13-11(8)12(14-7-15-13)16-10-4-3-5-20(17,18)6-10/h7,10H,3-6H2,1-2H3,(H,14,15,16). The van der Waals surface area contributed by atoms with Crippen molar-refractivity contribution in [3.63, 3.8) is 0 Å². The van der Waals surface area contributed by atoms with Gasteiger partial charge in [0.05, 0.1) is 16.9 Å². The third-order valence-corrected chi connectivity index (χ3v) is 6.71. The van der Waals surface area contributed by atoms with Gasteiger partial charge in [0, 0.05) is 10.9 Å². The Morgan fingerprint density at radius 2 is 2.15 bits per heavy atom. The van der Waals surface area contributed by atoms with Crippen LogP contribution in [0.1, 0.15) is 23.3 Å². The summed E-state index contributed by atoms with van der Waals surface area (Å²) in [7, 11) is -2.91. The maximum absolute atomic E-state index is 11.7. The predicted octanol–water partition coefficient (Wildman–Crippen LogP) is 2.30. The number of nitrogens with one attached hydrogen (secondary N) is 1. The summed E-state index contributed by atoms with van der Waals surface area (Å²) >= 11 is 1.65. The molecule has 1 unspecified atom stereocenters. The van der Waals surface area contributed by atoms with Crippen LogP contribution in [0.2, 0.25) is 0 Å². The van der Waals surface area contributed by atoms with Gasteiger partial charge in [-0.3, -0.25) is 0 Å². The number of anilines is 1. The summed E-state index contributed by atoms with van der Waals surface area (Å²) in [6, 6.07) is -0.0496. The number of hydrogen-bond donors (Lipinski definition) is 1. The summed E-state index contributed by atoms with van der Waals surface area (Å²) in [6.45, 7) is 4.12. The molecule has 0 radical (unpaired) electrons. The van der Waals surface area contributed by atoms with E-state index in [2.05, 4.69) is 29.1 Å². The minimum Gasteiger partial charge on any atom is -0.366 e.